The highest BCUT2D eigenvalue weighted by molar-refractivity contribution is 5.89. The molecule has 0 aromatic carbocycles. The van der Waals surface area contributed by atoms with Crippen LogP contribution in [0.2, 0.25) is 0 Å². The molecule has 0 N–H and O–H groups in total. The zero-order chi connectivity index (χ0) is 18.3. The maximum absolute atomic E-state index is 12.8. The lowest BCUT2D eigenvalue weighted by atomic mass is 9.95. The van der Waals surface area contributed by atoms with Gasteiger partial charge in [-0.15, -0.1) is 0 Å². The van der Waals surface area contributed by atoms with E-state index in [1.165, 1.54) is 11.3 Å². The Balaban J connectivity index is 1.45. The van der Waals surface area contributed by atoms with Crippen LogP contribution in [-0.4, -0.2) is 76.8 Å². The maximum atomic E-state index is 12.8. The number of carbonyl (C=O) groups is 2. The number of aromatic nitrogens is 2. The molecule has 3 aliphatic rings. The highest BCUT2D eigenvalue weighted by atomic mass is 16.2. The van der Waals surface area contributed by atoms with Crippen molar-refractivity contribution in [2.75, 3.05) is 40.3 Å². The molecule has 26 heavy (non-hydrogen) atoms. The van der Waals surface area contributed by atoms with Crippen molar-refractivity contribution in [1.29, 1.82) is 0 Å². The number of likely N-dealkylation sites (N-methyl/N-ethyl adjacent to an activating group) is 1. The number of carbonyl (C=O) groups excluding carboxylic acids is 2. The summed E-state index contributed by atoms with van der Waals surface area (Å²) in [6.07, 6.45) is 5.27. The number of nitrogens with zero attached hydrogens (tertiary/aromatic N) is 5. The molecular formula is C19H27N5O2. The summed E-state index contributed by atoms with van der Waals surface area (Å²) < 4.78 is 0. The van der Waals surface area contributed by atoms with Crippen molar-refractivity contribution in [1.82, 2.24) is 24.7 Å². The summed E-state index contributed by atoms with van der Waals surface area (Å²) in [6, 6.07) is 0. The van der Waals surface area contributed by atoms with Crippen molar-refractivity contribution < 1.29 is 9.59 Å². The van der Waals surface area contributed by atoms with E-state index in [1.54, 1.807) is 11.9 Å². The molecule has 2 saturated heterocycles. The van der Waals surface area contributed by atoms with Crippen LogP contribution in [0.4, 0.5) is 0 Å². The van der Waals surface area contributed by atoms with Gasteiger partial charge >= 0.3 is 0 Å². The second kappa shape index (κ2) is 6.95. The third-order valence-corrected chi connectivity index (χ3v) is 5.93. The Morgan fingerprint density at radius 2 is 2.08 bits per heavy atom. The van der Waals surface area contributed by atoms with Crippen molar-refractivity contribution in [3.8, 4) is 0 Å². The van der Waals surface area contributed by atoms with Crippen molar-refractivity contribution in [3.05, 3.63) is 23.3 Å². The minimum Gasteiger partial charge on any atom is -0.345 e. The molecule has 4 heterocycles. The summed E-state index contributed by atoms with van der Waals surface area (Å²) in [6.45, 7) is 3.93. The Labute approximate surface area is 154 Å². The standard InChI is InChI=1S/C19H27N5O2/c1-22-7-5-16-15(10-22)9-20-18(21-16)13-4-3-6-24(12-13)19(26)14-8-17(25)23(2)11-14/h9,13-14H,3-8,10-12H2,1-2H3/t13-,14+/m0/s1. The number of piperidine rings is 1. The molecule has 0 bridgehead atoms. The van der Waals surface area contributed by atoms with Crippen molar-refractivity contribution in [2.45, 2.75) is 38.1 Å². The normalized spacial score (nSPS) is 26.9. The lowest BCUT2D eigenvalue weighted by Gasteiger charge is -2.34. The summed E-state index contributed by atoms with van der Waals surface area (Å²) in [7, 11) is 3.89. The van der Waals surface area contributed by atoms with Crippen molar-refractivity contribution >= 4 is 11.8 Å². The molecule has 0 saturated carbocycles. The molecule has 7 nitrogen and oxygen atoms in total. The zero-order valence-corrected chi connectivity index (χ0v) is 15.6. The summed E-state index contributed by atoms with van der Waals surface area (Å²) in [5.41, 5.74) is 2.39. The second-order valence-electron chi connectivity index (χ2n) is 7.99. The van der Waals surface area contributed by atoms with Gasteiger partial charge in [0, 0.05) is 76.0 Å². The first-order valence-electron chi connectivity index (χ1n) is 9.57. The largest absolute Gasteiger partial charge is 0.345 e. The average molecular weight is 357 g/mol. The van der Waals surface area contributed by atoms with E-state index in [-0.39, 0.29) is 23.7 Å². The van der Waals surface area contributed by atoms with Crippen LogP contribution in [0.15, 0.2) is 6.20 Å². The molecule has 0 spiro atoms. The van der Waals surface area contributed by atoms with Gasteiger partial charge in [0.2, 0.25) is 11.8 Å². The Hall–Kier alpha value is -2.02. The maximum Gasteiger partial charge on any atom is 0.228 e. The number of amides is 2. The lowest BCUT2D eigenvalue weighted by molar-refractivity contribution is -0.137. The first-order valence-corrected chi connectivity index (χ1v) is 9.57. The molecule has 2 amide bonds. The van der Waals surface area contributed by atoms with Crippen LogP contribution in [0.3, 0.4) is 0 Å². The lowest BCUT2D eigenvalue weighted by Crippen LogP contribution is -2.43. The van der Waals surface area contributed by atoms with E-state index >= 15 is 0 Å². The molecule has 2 fully saturated rings. The highest BCUT2D eigenvalue weighted by Crippen LogP contribution is 2.28. The van der Waals surface area contributed by atoms with Crippen LogP contribution in [0.1, 0.15) is 42.3 Å². The Kier molecular flexibility index (Phi) is 4.65. The second-order valence-corrected chi connectivity index (χ2v) is 7.99. The van der Waals surface area contributed by atoms with Gasteiger partial charge in [0.05, 0.1) is 5.92 Å². The first-order chi connectivity index (χ1) is 12.5. The smallest absolute Gasteiger partial charge is 0.228 e. The molecule has 7 heteroatoms. The fraction of sp³-hybridized carbons (Fsp3) is 0.684. The van der Waals surface area contributed by atoms with Crippen LogP contribution in [0, 0.1) is 5.92 Å². The first kappa shape index (κ1) is 17.4. The van der Waals surface area contributed by atoms with Crippen molar-refractivity contribution in [3.63, 3.8) is 0 Å². The quantitative estimate of drug-likeness (QED) is 0.777. The number of hydrogen-bond donors (Lipinski definition) is 0. The van der Waals surface area contributed by atoms with E-state index in [1.807, 2.05) is 11.1 Å². The van der Waals surface area contributed by atoms with Gasteiger partial charge in [-0.25, -0.2) is 9.97 Å². The predicted octanol–water partition coefficient (Wildman–Crippen LogP) is 0.649. The Morgan fingerprint density at radius 1 is 1.23 bits per heavy atom. The molecule has 4 rings (SSSR count). The van der Waals surface area contributed by atoms with Gasteiger partial charge in [0.25, 0.3) is 0 Å². The van der Waals surface area contributed by atoms with Gasteiger partial charge < -0.3 is 14.7 Å². The zero-order valence-electron chi connectivity index (χ0n) is 15.6. The topological polar surface area (TPSA) is 69.6 Å². The predicted molar refractivity (Wildman–Crippen MR) is 96.4 cm³/mol. The number of rotatable bonds is 2. The molecule has 3 aliphatic heterocycles. The fourth-order valence-corrected chi connectivity index (χ4v) is 4.34. The molecule has 0 radical (unpaired) electrons. The third-order valence-electron chi connectivity index (χ3n) is 5.93. The Morgan fingerprint density at radius 3 is 2.85 bits per heavy atom. The summed E-state index contributed by atoms with van der Waals surface area (Å²) >= 11 is 0. The van der Waals surface area contributed by atoms with Gasteiger partial charge in [0.1, 0.15) is 5.82 Å². The molecule has 2 atom stereocenters. The number of hydrogen-bond acceptors (Lipinski definition) is 5. The molecule has 140 valence electrons. The van der Waals surface area contributed by atoms with Gasteiger partial charge in [-0.3, -0.25) is 9.59 Å². The SMILES string of the molecule is CN1CCc2nc([C@H]3CCCN(C(=O)[C@@H]4CC(=O)N(C)C4)C3)ncc2C1. The summed E-state index contributed by atoms with van der Waals surface area (Å²) in [5.74, 6) is 1.08. The third kappa shape index (κ3) is 3.32. The number of likely N-dealkylation sites (tertiary alicyclic amines) is 2. The fourth-order valence-electron chi connectivity index (χ4n) is 4.34. The van der Waals surface area contributed by atoms with Crippen molar-refractivity contribution in [2.24, 2.45) is 5.92 Å². The van der Waals surface area contributed by atoms with Gasteiger partial charge in [-0.05, 0) is 19.9 Å². The molecule has 1 aromatic heterocycles. The van der Waals surface area contributed by atoms with Crippen LogP contribution < -0.4 is 0 Å². The molecule has 0 aliphatic carbocycles. The van der Waals surface area contributed by atoms with Crippen LogP contribution >= 0.6 is 0 Å². The van der Waals surface area contributed by atoms with E-state index in [4.69, 9.17) is 4.98 Å². The highest BCUT2D eigenvalue weighted by Gasteiger charge is 2.37. The van der Waals surface area contributed by atoms with E-state index in [9.17, 15) is 9.59 Å². The Bertz CT molecular complexity index is 722. The van der Waals surface area contributed by atoms with E-state index in [0.717, 1.165) is 44.7 Å². The minimum absolute atomic E-state index is 0.0694. The van der Waals surface area contributed by atoms with Gasteiger partial charge in [-0.1, -0.05) is 0 Å². The molecular weight excluding hydrogens is 330 g/mol. The minimum atomic E-state index is -0.189. The molecule has 0 unspecified atom stereocenters. The number of fused-ring (bicyclic) bond motifs is 1. The molecule has 1 aromatic rings. The van der Waals surface area contributed by atoms with E-state index in [2.05, 4.69) is 16.9 Å². The monoisotopic (exact) mass is 357 g/mol. The van der Waals surface area contributed by atoms with Gasteiger partial charge in [-0.2, -0.15) is 0 Å². The van der Waals surface area contributed by atoms with E-state index < -0.39 is 0 Å². The van der Waals surface area contributed by atoms with Crippen LogP contribution in [0.25, 0.3) is 0 Å². The average Bonchev–Trinajstić information content (AvgIpc) is 2.99. The van der Waals surface area contributed by atoms with Gasteiger partial charge in [0.15, 0.2) is 0 Å². The van der Waals surface area contributed by atoms with Crippen LogP contribution in [-0.2, 0) is 22.6 Å². The summed E-state index contributed by atoms with van der Waals surface area (Å²) in [4.78, 5) is 39.9. The van der Waals surface area contributed by atoms with Crippen LogP contribution in [0.5, 0.6) is 0 Å². The summed E-state index contributed by atoms with van der Waals surface area (Å²) in [5, 5.41) is 0. The van der Waals surface area contributed by atoms with E-state index in [0.29, 0.717) is 19.5 Å².